The molecular weight excluding hydrogens is 386 g/mol. The molecule has 152 valence electrons. The summed E-state index contributed by atoms with van der Waals surface area (Å²) in [6, 6.07) is 12.1. The zero-order chi connectivity index (χ0) is 21.3. The first-order valence-corrected chi connectivity index (χ1v) is 9.54. The number of amides is 1. The molecule has 7 nitrogen and oxygen atoms in total. The van der Waals surface area contributed by atoms with Crippen molar-refractivity contribution in [1.29, 1.82) is 0 Å². The molecule has 0 spiro atoms. The van der Waals surface area contributed by atoms with Gasteiger partial charge in [0.05, 0.1) is 12.0 Å². The number of ether oxygens (including phenoxy) is 1. The molecule has 1 heterocycles. The number of hydrogen-bond donors (Lipinski definition) is 2. The van der Waals surface area contributed by atoms with E-state index in [1.807, 2.05) is 37.3 Å². The second-order valence-electron chi connectivity index (χ2n) is 6.88. The van der Waals surface area contributed by atoms with Gasteiger partial charge in [-0.25, -0.2) is 4.79 Å². The first kappa shape index (κ1) is 19.4. The van der Waals surface area contributed by atoms with Crippen molar-refractivity contribution >= 4 is 40.2 Å². The number of aliphatic carboxylic acids is 1. The maximum absolute atomic E-state index is 12.9. The molecule has 2 aromatic carbocycles. The lowest BCUT2D eigenvalue weighted by molar-refractivity contribution is -0.147. The van der Waals surface area contributed by atoms with Crippen molar-refractivity contribution in [3.63, 3.8) is 0 Å². The van der Waals surface area contributed by atoms with Crippen LogP contribution in [0.15, 0.2) is 51.7 Å². The Balaban J connectivity index is 1.72. The van der Waals surface area contributed by atoms with Crippen LogP contribution in [0.3, 0.4) is 0 Å². The minimum atomic E-state index is -1.59. The first-order chi connectivity index (χ1) is 14.5. The summed E-state index contributed by atoms with van der Waals surface area (Å²) < 4.78 is 11.5. The standard InChI is InChI=1S/C23H19NO6/c1-2-29-16-7-3-13(4-8-16)11-14-5-9-18-20(25)17-10-6-15(24-22(26)23(27)28)12-19(17)30-21(14)18/h3-4,6-8,10-12H,2,5,9H2,1H3,(H,24,26)(H,27,28). The molecular formula is C23H19NO6. The van der Waals surface area contributed by atoms with Crippen LogP contribution in [0, 0.1) is 0 Å². The molecule has 0 aliphatic heterocycles. The average Bonchev–Trinajstić information content (AvgIpc) is 3.12. The third-order valence-electron chi connectivity index (χ3n) is 4.91. The number of carboxylic acid groups (broad SMARTS) is 1. The van der Waals surface area contributed by atoms with Gasteiger partial charge >= 0.3 is 11.9 Å². The summed E-state index contributed by atoms with van der Waals surface area (Å²) in [5.74, 6) is -1.43. The Kier molecular flexibility index (Phi) is 5.10. The van der Waals surface area contributed by atoms with Crippen molar-refractivity contribution in [2.24, 2.45) is 0 Å². The first-order valence-electron chi connectivity index (χ1n) is 9.54. The van der Waals surface area contributed by atoms with E-state index in [0.717, 1.165) is 16.9 Å². The Labute approximate surface area is 171 Å². The third-order valence-corrected chi connectivity index (χ3v) is 4.91. The Morgan fingerprint density at radius 1 is 1.17 bits per heavy atom. The van der Waals surface area contributed by atoms with E-state index in [1.165, 1.54) is 18.2 Å². The van der Waals surface area contributed by atoms with E-state index in [4.69, 9.17) is 14.3 Å². The number of fused-ring (bicyclic) bond motifs is 2. The Bertz CT molecular complexity index is 1240. The summed E-state index contributed by atoms with van der Waals surface area (Å²) in [6.45, 7) is 2.52. The summed E-state index contributed by atoms with van der Waals surface area (Å²) in [6.07, 6.45) is 3.25. The largest absolute Gasteiger partial charge is 0.494 e. The molecule has 0 unspecified atom stereocenters. The highest BCUT2D eigenvalue weighted by Gasteiger charge is 2.24. The lowest BCUT2D eigenvalue weighted by Crippen LogP contribution is -2.21. The summed E-state index contributed by atoms with van der Waals surface area (Å²) in [5, 5.41) is 11.4. The number of allylic oxidation sites excluding steroid dienone is 1. The number of rotatable bonds is 4. The van der Waals surface area contributed by atoms with Gasteiger partial charge in [-0.05, 0) is 61.2 Å². The van der Waals surface area contributed by atoms with E-state index < -0.39 is 11.9 Å². The van der Waals surface area contributed by atoms with Crippen molar-refractivity contribution in [3.05, 3.63) is 69.6 Å². The quantitative estimate of drug-likeness (QED) is 0.641. The molecule has 4 rings (SSSR count). The van der Waals surface area contributed by atoms with E-state index in [2.05, 4.69) is 5.32 Å². The van der Waals surface area contributed by atoms with Crippen LogP contribution in [0.2, 0.25) is 0 Å². The molecule has 1 aliphatic rings. The van der Waals surface area contributed by atoms with E-state index in [9.17, 15) is 14.4 Å². The molecule has 0 bridgehead atoms. The van der Waals surface area contributed by atoms with E-state index in [-0.39, 0.29) is 11.1 Å². The van der Waals surface area contributed by atoms with Gasteiger partial charge in [0.1, 0.15) is 17.1 Å². The van der Waals surface area contributed by atoms with Crippen LogP contribution in [0.4, 0.5) is 5.69 Å². The van der Waals surface area contributed by atoms with E-state index >= 15 is 0 Å². The predicted octanol–water partition coefficient (Wildman–Crippen LogP) is 3.70. The van der Waals surface area contributed by atoms with Gasteiger partial charge in [-0.1, -0.05) is 12.1 Å². The Morgan fingerprint density at radius 2 is 1.93 bits per heavy atom. The van der Waals surface area contributed by atoms with Gasteiger partial charge in [0.2, 0.25) is 0 Å². The number of carbonyl (C=O) groups is 2. The van der Waals surface area contributed by atoms with Crippen LogP contribution >= 0.6 is 0 Å². The van der Waals surface area contributed by atoms with E-state index in [0.29, 0.717) is 41.7 Å². The second kappa shape index (κ2) is 7.87. The third kappa shape index (κ3) is 3.69. The maximum Gasteiger partial charge on any atom is 0.394 e. The molecule has 0 saturated heterocycles. The highest BCUT2D eigenvalue weighted by molar-refractivity contribution is 6.36. The van der Waals surface area contributed by atoms with Crippen molar-refractivity contribution in [3.8, 4) is 5.75 Å². The fourth-order valence-electron chi connectivity index (χ4n) is 3.52. The van der Waals surface area contributed by atoms with Crippen LogP contribution in [-0.4, -0.2) is 23.6 Å². The number of hydrogen-bond acceptors (Lipinski definition) is 5. The van der Waals surface area contributed by atoms with Gasteiger partial charge in [-0.2, -0.15) is 0 Å². The molecule has 0 saturated carbocycles. The minimum absolute atomic E-state index is 0.113. The second-order valence-corrected chi connectivity index (χ2v) is 6.88. The zero-order valence-corrected chi connectivity index (χ0v) is 16.2. The molecule has 0 radical (unpaired) electrons. The van der Waals surface area contributed by atoms with Gasteiger partial charge in [0.15, 0.2) is 5.43 Å². The minimum Gasteiger partial charge on any atom is -0.494 e. The SMILES string of the molecule is CCOc1ccc(C=C2CCc3c2oc2cc(NC(=O)C(=O)O)ccc2c3=O)cc1. The van der Waals surface area contributed by atoms with Crippen LogP contribution in [0.1, 0.15) is 30.2 Å². The van der Waals surface area contributed by atoms with Crippen LogP contribution in [-0.2, 0) is 16.0 Å². The molecule has 3 aromatic rings. The maximum atomic E-state index is 12.9. The molecule has 1 amide bonds. The van der Waals surface area contributed by atoms with Crippen molar-refractivity contribution in [1.82, 2.24) is 0 Å². The van der Waals surface area contributed by atoms with Gasteiger partial charge in [0, 0.05) is 17.3 Å². The van der Waals surface area contributed by atoms with E-state index in [1.54, 1.807) is 0 Å². The monoisotopic (exact) mass is 405 g/mol. The van der Waals surface area contributed by atoms with Crippen molar-refractivity contribution in [2.45, 2.75) is 19.8 Å². The van der Waals surface area contributed by atoms with Gasteiger partial charge in [0.25, 0.3) is 0 Å². The predicted molar refractivity (Wildman–Crippen MR) is 113 cm³/mol. The lowest BCUT2D eigenvalue weighted by Gasteiger charge is -2.07. The van der Waals surface area contributed by atoms with Crippen molar-refractivity contribution < 1.29 is 23.8 Å². The summed E-state index contributed by atoms with van der Waals surface area (Å²) in [7, 11) is 0. The van der Waals surface area contributed by atoms with Crippen molar-refractivity contribution in [2.75, 3.05) is 11.9 Å². The normalized spacial score (nSPS) is 14.0. The smallest absolute Gasteiger partial charge is 0.394 e. The molecule has 7 heteroatoms. The average molecular weight is 405 g/mol. The molecule has 0 atom stereocenters. The van der Waals surface area contributed by atoms with Gasteiger partial charge < -0.3 is 19.6 Å². The summed E-state index contributed by atoms with van der Waals surface area (Å²) in [5.41, 5.74) is 2.92. The topological polar surface area (TPSA) is 106 Å². The van der Waals surface area contributed by atoms with Gasteiger partial charge in [-0.15, -0.1) is 0 Å². The van der Waals surface area contributed by atoms with Gasteiger partial charge in [-0.3, -0.25) is 9.59 Å². The highest BCUT2D eigenvalue weighted by atomic mass is 16.5. The van der Waals surface area contributed by atoms with Crippen LogP contribution < -0.4 is 15.5 Å². The highest BCUT2D eigenvalue weighted by Crippen LogP contribution is 2.34. The fraction of sp³-hybridized carbons (Fsp3) is 0.174. The fourth-order valence-corrected chi connectivity index (χ4v) is 3.52. The number of anilines is 1. The van der Waals surface area contributed by atoms with Crippen LogP contribution in [0.5, 0.6) is 5.75 Å². The number of carboxylic acids is 1. The molecule has 2 N–H and O–H groups in total. The number of benzene rings is 2. The lowest BCUT2D eigenvalue weighted by atomic mass is 10.1. The summed E-state index contributed by atoms with van der Waals surface area (Å²) in [4.78, 5) is 35.0. The zero-order valence-electron chi connectivity index (χ0n) is 16.2. The molecule has 30 heavy (non-hydrogen) atoms. The summed E-state index contributed by atoms with van der Waals surface area (Å²) >= 11 is 0. The number of nitrogens with one attached hydrogen (secondary N) is 1. The molecule has 1 aliphatic carbocycles. The molecule has 0 fully saturated rings. The molecule has 1 aromatic heterocycles. The Hall–Kier alpha value is -3.87. The number of carbonyl (C=O) groups excluding carboxylic acids is 1. The van der Waals surface area contributed by atoms with Crippen LogP contribution in [0.25, 0.3) is 22.6 Å². The Morgan fingerprint density at radius 3 is 2.63 bits per heavy atom.